The van der Waals surface area contributed by atoms with E-state index in [1.165, 1.54) is 5.52 Å². The predicted molar refractivity (Wildman–Crippen MR) is 86.7 cm³/mol. The van der Waals surface area contributed by atoms with Gasteiger partial charge in [-0.2, -0.15) is 0 Å². The first-order valence-electron chi connectivity index (χ1n) is 8.05. The van der Waals surface area contributed by atoms with Crippen molar-refractivity contribution in [2.24, 2.45) is 5.92 Å². The van der Waals surface area contributed by atoms with Crippen LogP contribution in [0.5, 0.6) is 0 Å². The lowest BCUT2D eigenvalue weighted by Gasteiger charge is -2.36. The molecule has 2 N–H and O–H groups in total. The highest BCUT2D eigenvalue weighted by Gasteiger charge is 2.32. The van der Waals surface area contributed by atoms with E-state index in [4.69, 9.17) is 0 Å². The molecule has 0 unspecified atom stereocenters. The fourth-order valence-electron chi connectivity index (χ4n) is 3.87. The standard InChI is InChI=1S/C17H22N4O/c1-17(2,22)11-3-5-12(6-4-11)21-10-20-14-9-19-16-13(15(14)21)7-8-18-16/h7-12,22H,3-6H2,1-2H3,(H,18,19). The molecule has 5 nitrogen and oxygen atoms in total. The smallest absolute Gasteiger partial charge is 0.139 e. The SMILES string of the molecule is CC(C)(O)C1CCC(n2cnc3cnc4[nH]ccc4c32)CC1. The number of rotatable bonds is 2. The van der Waals surface area contributed by atoms with Gasteiger partial charge in [-0.05, 0) is 51.5 Å². The third-order valence-corrected chi connectivity index (χ3v) is 5.21. The average molecular weight is 298 g/mol. The Kier molecular flexibility index (Phi) is 3.01. The van der Waals surface area contributed by atoms with Crippen molar-refractivity contribution in [3.05, 3.63) is 24.8 Å². The van der Waals surface area contributed by atoms with Gasteiger partial charge in [0.25, 0.3) is 0 Å². The zero-order valence-corrected chi connectivity index (χ0v) is 13.1. The lowest BCUT2D eigenvalue weighted by molar-refractivity contribution is -0.00465. The van der Waals surface area contributed by atoms with Crippen LogP contribution in [0.3, 0.4) is 0 Å². The van der Waals surface area contributed by atoms with Gasteiger partial charge in [-0.3, -0.25) is 0 Å². The van der Waals surface area contributed by atoms with Crippen molar-refractivity contribution in [1.82, 2.24) is 19.5 Å². The van der Waals surface area contributed by atoms with E-state index in [2.05, 4.69) is 25.6 Å². The molecule has 1 aliphatic rings. The van der Waals surface area contributed by atoms with Crippen LogP contribution in [-0.2, 0) is 0 Å². The lowest BCUT2D eigenvalue weighted by Crippen LogP contribution is -2.34. The van der Waals surface area contributed by atoms with Crippen LogP contribution in [-0.4, -0.2) is 30.2 Å². The second-order valence-corrected chi connectivity index (χ2v) is 7.04. The van der Waals surface area contributed by atoms with Gasteiger partial charge in [-0.25, -0.2) is 9.97 Å². The molecule has 4 rings (SSSR count). The summed E-state index contributed by atoms with van der Waals surface area (Å²) < 4.78 is 2.31. The van der Waals surface area contributed by atoms with Gasteiger partial charge < -0.3 is 14.7 Å². The maximum Gasteiger partial charge on any atom is 0.139 e. The third kappa shape index (κ3) is 2.11. The minimum Gasteiger partial charge on any atom is -0.390 e. The molecule has 0 bridgehead atoms. The van der Waals surface area contributed by atoms with Gasteiger partial charge in [-0.15, -0.1) is 0 Å². The van der Waals surface area contributed by atoms with Gasteiger partial charge in [-0.1, -0.05) is 0 Å². The van der Waals surface area contributed by atoms with Crippen molar-refractivity contribution in [2.75, 3.05) is 0 Å². The monoisotopic (exact) mass is 298 g/mol. The number of aromatic amines is 1. The highest BCUT2D eigenvalue weighted by atomic mass is 16.3. The summed E-state index contributed by atoms with van der Waals surface area (Å²) in [7, 11) is 0. The molecule has 3 aromatic rings. The summed E-state index contributed by atoms with van der Waals surface area (Å²) in [6.45, 7) is 3.86. The van der Waals surface area contributed by atoms with Crippen molar-refractivity contribution in [3.63, 3.8) is 0 Å². The molecular weight excluding hydrogens is 276 g/mol. The second-order valence-electron chi connectivity index (χ2n) is 7.04. The van der Waals surface area contributed by atoms with E-state index in [-0.39, 0.29) is 0 Å². The van der Waals surface area contributed by atoms with E-state index >= 15 is 0 Å². The van der Waals surface area contributed by atoms with Crippen LogP contribution in [0.15, 0.2) is 24.8 Å². The quantitative estimate of drug-likeness (QED) is 0.762. The molecule has 116 valence electrons. The molecule has 0 atom stereocenters. The van der Waals surface area contributed by atoms with E-state index < -0.39 is 5.60 Å². The molecule has 1 saturated carbocycles. The van der Waals surface area contributed by atoms with Crippen LogP contribution >= 0.6 is 0 Å². The number of hydrogen-bond acceptors (Lipinski definition) is 3. The molecule has 0 radical (unpaired) electrons. The summed E-state index contributed by atoms with van der Waals surface area (Å²) in [6.07, 6.45) is 10.0. The van der Waals surface area contributed by atoms with Crippen LogP contribution < -0.4 is 0 Å². The Morgan fingerprint density at radius 1 is 1.23 bits per heavy atom. The largest absolute Gasteiger partial charge is 0.390 e. The Balaban J connectivity index is 1.69. The van der Waals surface area contributed by atoms with E-state index in [0.29, 0.717) is 12.0 Å². The van der Waals surface area contributed by atoms with Gasteiger partial charge in [0.05, 0.1) is 23.6 Å². The molecule has 0 aliphatic heterocycles. The number of aromatic nitrogens is 4. The topological polar surface area (TPSA) is 66.7 Å². The highest BCUT2D eigenvalue weighted by molar-refractivity contribution is 6.00. The molecule has 5 heteroatoms. The van der Waals surface area contributed by atoms with Crippen molar-refractivity contribution in [3.8, 4) is 0 Å². The molecule has 0 aromatic carbocycles. The van der Waals surface area contributed by atoms with Crippen LogP contribution in [0.4, 0.5) is 0 Å². The Labute approximate surface area is 129 Å². The molecule has 22 heavy (non-hydrogen) atoms. The molecule has 3 aromatic heterocycles. The first kappa shape index (κ1) is 13.8. The highest BCUT2D eigenvalue weighted by Crippen LogP contribution is 2.39. The van der Waals surface area contributed by atoms with Crippen molar-refractivity contribution in [1.29, 1.82) is 0 Å². The number of imidazole rings is 1. The van der Waals surface area contributed by atoms with Gasteiger partial charge in [0.15, 0.2) is 0 Å². The minimum absolute atomic E-state index is 0.396. The molecule has 0 spiro atoms. The maximum atomic E-state index is 10.2. The molecule has 0 amide bonds. The van der Waals surface area contributed by atoms with Crippen molar-refractivity contribution >= 4 is 22.1 Å². The number of nitrogens with zero attached hydrogens (tertiary/aromatic N) is 3. The second kappa shape index (κ2) is 4.81. The summed E-state index contributed by atoms with van der Waals surface area (Å²) in [6, 6.07) is 2.54. The summed E-state index contributed by atoms with van der Waals surface area (Å²) in [5, 5.41) is 11.4. The van der Waals surface area contributed by atoms with Crippen molar-refractivity contribution < 1.29 is 5.11 Å². The Morgan fingerprint density at radius 2 is 2.00 bits per heavy atom. The van der Waals surface area contributed by atoms with E-state index in [1.54, 1.807) is 0 Å². The Bertz CT molecular complexity index is 803. The summed E-state index contributed by atoms with van der Waals surface area (Å²) >= 11 is 0. The van der Waals surface area contributed by atoms with E-state index in [9.17, 15) is 5.11 Å². The first-order valence-corrected chi connectivity index (χ1v) is 8.05. The number of fused-ring (bicyclic) bond motifs is 3. The lowest BCUT2D eigenvalue weighted by atomic mass is 9.77. The predicted octanol–water partition coefficient (Wildman–Crippen LogP) is 3.41. The molecule has 0 saturated heterocycles. The third-order valence-electron chi connectivity index (χ3n) is 5.21. The number of aliphatic hydroxyl groups is 1. The van der Waals surface area contributed by atoms with E-state index in [1.807, 2.05) is 32.6 Å². The number of nitrogens with one attached hydrogen (secondary N) is 1. The fourth-order valence-corrected chi connectivity index (χ4v) is 3.87. The maximum absolute atomic E-state index is 10.2. The molecule has 3 heterocycles. The fraction of sp³-hybridized carbons (Fsp3) is 0.529. The number of pyridine rings is 1. The Morgan fingerprint density at radius 3 is 2.73 bits per heavy atom. The summed E-state index contributed by atoms with van der Waals surface area (Å²) in [5.41, 5.74) is 2.48. The molecule has 1 aliphatic carbocycles. The number of H-pyrrole nitrogens is 1. The Hall–Kier alpha value is -1.88. The van der Waals surface area contributed by atoms with Crippen LogP contribution in [0.25, 0.3) is 22.1 Å². The molecule has 1 fully saturated rings. The van der Waals surface area contributed by atoms with Crippen molar-refractivity contribution in [2.45, 2.75) is 51.2 Å². The van der Waals surface area contributed by atoms with E-state index in [0.717, 1.165) is 42.2 Å². The minimum atomic E-state index is -0.570. The van der Waals surface area contributed by atoms with Gasteiger partial charge >= 0.3 is 0 Å². The zero-order chi connectivity index (χ0) is 15.3. The number of hydrogen-bond donors (Lipinski definition) is 2. The van der Waals surface area contributed by atoms with Gasteiger partial charge in [0.1, 0.15) is 11.2 Å². The van der Waals surface area contributed by atoms with Crippen LogP contribution in [0, 0.1) is 5.92 Å². The average Bonchev–Trinajstić information content (AvgIpc) is 3.12. The molecular formula is C17H22N4O. The normalized spacial score (nSPS) is 23.4. The van der Waals surface area contributed by atoms with Gasteiger partial charge in [0, 0.05) is 17.6 Å². The van der Waals surface area contributed by atoms with Gasteiger partial charge in [0.2, 0.25) is 0 Å². The zero-order valence-electron chi connectivity index (χ0n) is 13.1. The van der Waals surface area contributed by atoms with Crippen LogP contribution in [0.1, 0.15) is 45.6 Å². The van der Waals surface area contributed by atoms with Crippen LogP contribution in [0.2, 0.25) is 0 Å². The summed E-state index contributed by atoms with van der Waals surface area (Å²) in [5.74, 6) is 0.396. The first-order chi connectivity index (χ1) is 10.5. The summed E-state index contributed by atoms with van der Waals surface area (Å²) in [4.78, 5) is 12.1.